The van der Waals surface area contributed by atoms with E-state index in [1.54, 1.807) is 6.07 Å². The van der Waals surface area contributed by atoms with Gasteiger partial charge in [-0.25, -0.2) is 13.6 Å². The van der Waals surface area contributed by atoms with Gasteiger partial charge in [0.15, 0.2) is 0 Å². The molecule has 8 heteroatoms. The Bertz CT molecular complexity index is 649. The summed E-state index contributed by atoms with van der Waals surface area (Å²) in [6.07, 6.45) is 0.296. The standard InChI is InChI=1S/C19H27F2N3O3/c1-14-9-23(10-15(2)27-14)11-16-5-3-4-6-17(16)22-18(25)24-7-8-26-13-19(20,21)12-24/h3-6,14-15H,7-13H2,1-2H3,(H,22,25)/t14-,15-/m1/s1. The molecule has 0 saturated carbocycles. The number of rotatable bonds is 3. The van der Waals surface area contributed by atoms with Crippen LogP contribution in [0.1, 0.15) is 19.4 Å². The van der Waals surface area contributed by atoms with Crippen molar-refractivity contribution in [2.45, 2.75) is 38.5 Å². The van der Waals surface area contributed by atoms with Crippen LogP contribution < -0.4 is 5.32 Å². The van der Waals surface area contributed by atoms with E-state index < -0.39 is 25.1 Å². The van der Waals surface area contributed by atoms with Crippen LogP contribution in [0.2, 0.25) is 0 Å². The summed E-state index contributed by atoms with van der Waals surface area (Å²) in [5.74, 6) is -3.03. The molecule has 150 valence electrons. The molecule has 6 nitrogen and oxygen atoms in total. The molecule has 2 saturated heterocycles. The predicted molar refractivity (Wildman–Crippen MR) is 98.1 cm³/mol. The first-order valence-electron chi connectivity index (χ1n) is 9.29. The summed E-state index contributed by atoms with van der Waals surface area (Å²) in [7, 11) is 0. The Balaban J connectivity index is 1.67. The van der Waals surface area contributed by atoms with Gasteiger partial charge in [0.05, 0.1) is 25.4 Å². The van der Waals surface area contributed by atoms with E-state index in [0.29, 0.717) is 12.2 Å². The van der Waals surface area contributed by atoms with Crippen molar-refractivity contribution in [2.24, 2.45) is 0 Å². The second kappa shape index (κ2) is 8.50. The lowest BCUT2D eigenvalue weighted by molar-refractivity contribution is -0.0704. The van der Waals surface area contributed by atoms with Crippen LogP contribution >= 0.6 is 0 Å². The zero-order valence-corrected chi connectivity index (χ0v) is 15.8. The number of urea groups is 1. The van der Waals surface area contributed by atoms with Crippen LogP contribution in [0, 0.1) is 0 Å². The lowest BCUT2D eigenvalue weighted by Crippen LogP contribution is -2.45. The highest BCUT2D eigenvalue weighted by molar-refractivity contribution is 5.90. The zero-order chi connectivity index (χ0) is 19.4. The van der Waals surface area contributed by atoms with E-state index in [4.69, 9.17) is 9.47 Å². The summed E-state index contributed by atoms with van der Waals surface area (Å²) in [4.78, 5) is 15.9. The van der Waals surface area contributed by atoms with E-state index in [1.165, 1.54) is 0 Å². The van der Waals surface area contributed by atoms with Crippen molar-refractivity contribution < 1.29 is 23.0 Å². The Morgan fingerprint density at radius 3 is 2.70 bits per heavy atom. The molecule has 2 heterocycles. The number of ether oxygens (including phenoxy) is 2. The number of alkyl halides is 2. The molecule has 0 aliphatic carbocycles. The number of hydrogen-bond acceptors (Lipinski definition) is 4. The number of benzene rings is 1. The van der Waals surface area contributed by atoms with Crippen molar-refractivity contribution in [2.75, 3.05) is 44.7 Å². The lowest BCUT2D eigenvalue weighted by Gasteiger charge is -2.35. The summed E-state index contributed by atoms with van der Waals surface area (Å²) in [6, 6.07) is 6.94. The van der Waals surface area contributed by atoms with Gasteiger partial charge in [-0.3, -0.25) is 4.90 Å². The fraction of sp³-hybridized carbons (Fsp3) is 0.632. The molecule has 27 heavy (non-hydrogen) atoms. The van der Waals surface area contributed by atoms with Gasteiger partial charge in [0, 0.05) is 31.9 Å². The molecule has 2 fully saturated rings. The summed E-state index contributed by atoms with van der Waals surface area (Å²) in [5, 5.41) is 2.80. The highest BCUT2D eigenvalue weighted by Crippen LogP contribution is 2.22. The van der Waals surface area contributed by atoms with Crippen molar-refractivity contribution in [3.05, 3.63) is 29.8 Å². The van der Waals surface area contributed by atoms with Gasteiger partial charge in [0.2, 0.25) is 0 Å². The third kappa shape index (κ3) is 5.60. The molecule has 2 aliphatic rings. The van der Waals surface area contributed by atoms with Crippen LogP contribution in [0.4, 0.5) is 19.3 Å². The monoisotopic (exact) mass is 383 g/mol. The molecule has 0 aromatic heterocycles. The van der Waals surface area contributed by atoms with Crippen LogP contribution in [0.25, 0.3) is 0 Å². The third-order valence-corrected chi connectivity index (χ3v) is 4.68. The van der Waals surface area contributed by atoms with Gasteiger partial charge < -0.3 is 19.7 Å². The second-order valence-electron chi connectivity index (χ2n) is 7.37. The normalized spacial score (nSPS) is 26.4. The maximum absolute atomic E-state index is 13.7. The third-order valence-electron chi connectivity index (χ3n) is 4.68. The van der Waals surface area contributed by atoms with Gasteiger partial charge in [0.25, 0.3) is 5.92 Å². The van der Waals surface area contributed by atoms with E-state index in [0.717, 1.165) is 23.6 Å². The quantitative estimate of drug-likeness (QED) is 0.872. The minimum Gasteiger partial charge on any atom is -0.373 e. The SMILES string of the molecule is C[C@@H]1CN(Cc2ccccc2NC(=O)N2CCOCC(F)(F)C2)C[C@@H](C)O1. The number of para-hydroxylation sites is 1. The number of nitrogens with one attached hydrogen (secondary N) is 1. The molecule has 2 amide bonds. The number of amides is 2. The molecule has 1 N–H and O–H groups in total. The highest BCUT2D eigenvalue weighted by atomic mass is 19.3. The summed E-state index contributed by atoms with van der Waals surface area (Å²) in [5.41, 5.74) is 1.59. The average molecular weight is 383 g/mol. The Morgan fingerprint density at radius 1 is 1.26 bits per heavy atom. The van der Waals surface area contributed by atoms with Crippen molar-refractivity contribution >= 4 is 11.7 Å². The fourth-order valence-electron chi connectivity index (χ4n) is 3.60. The van der Waals surface area contributed by atoms with E-state index in [1.807, 2.05) is 32.0 Å². The molecule has 0 unspecified atom stereocenters. The minimum absolute atomic E-state index is 0.105. The van der Waals surface area contributed by atoms with Crippen LogP contribution in [-0.4, -0.2) is 73.4 Å². The van der Waals surface area contributed by atoms with Gasteiger partial charge in [-0.2, -0.15) is 0 Å². The van der Waals surface area contributed by atoms with Crippen LogP contribution in [0.15, 0.2) is 24.3 Å². The lowest BCUT2D eigenvalue weighted by atomic mass is 10.1. The molecular formula is C19H27F2N3O3. The number of nitrogens with zero attached hydrogens (tertiary/aromatic N) is 2. The molecule has 2 atom stereocenters. The number of carbonyl (C=O) groups is 1. The van der Waals surface area contributed by atoms with Gasteiger partial charge in [-0.05, 0) is 25.5 Å². The summed E-state index contributed by atoms with van der Waals surface area (Å²) >= 11 is 0. The van der Waals surface area contributed by atoms with E-state index in [2.05, 4.69) is 10.2 Å². The van der Waals surface area contributed by atoms with Crippen molar-refractivity contribution in [3.63, 3.8) is 0 Å². The first kappa shape index (κ1) is 20.0. The molecule has 0 spiro atoms. The Hall–Kier alpha value is -1.77. The topological polar surface area (TPSA) is 54.0 Å². The van der Waals surface area contributed by atoms with Crippen molar-refractivity contribution in [1.29, 1.82) is 0 Å². The van der Waals surface area contributed by atoms with Gasteiger partial charge in [-0.1, -0.05) is 18.2 Å². The fourth-order valence-corrected chi connectivity index (χ4v) is 3.60. The zero-order valence-electron chi connectivity index (χ0n) is 15.8. The molecule has 2 aliphatic heterocycles. The average Bonchev–Trinajstić information content (AvgIpc) is 2.76. The Labute approximate surface area is 158 Å². The number of hydrogen-bond donors (Lipinski definition) is 1. The smallest absolute Gasteiger partial charge is 0.322 e. The van der Waals surface area contributed by atoms with Crippen LogP contribution in [-0.2, 0) is 16.0 Å². The van der Waals surface area contributed by atoms with Gasteiger partial charge in [0.1, 0.15) is 6.61 Å². The van der Waals surface area contributed by atoms with E-state index >= 15 is 0 Å². The largest absolute Gasteiger partial charge is 0.373 e. The van der Waals surface area contributed by atoms with Crippen LogP contribution in [0.3, 0.4) is 0 Å². The van der Waals surface area contributed by atoms with Gasteiger partial charge >= 0.3 is 6.03 Å². The maximum atomic E-state index is 13.7. The van der Waals surface area contributed by atoms with E-state index in [-0.39, 0.29) is 25.4 Å². The van der Waals surface area contributed by atoms with Gasteiger partial charge in [-0.15, -0.1) is 0 Å². The first-order valence-corrected chi connectivity index (χ1v) is 9.29. The number of carbonyl (C=O) groups excluding carboxylic acids is 1. The molecule has 1 aromatic rings. The summed E-state index contributed by atoms with van der Waals surface area (Å²) in [6.45, 7) is 5.31. The van der Waals surface area contributed by atoms with Crippen molar-refractivity contribution in [1.82, 2.24) is 9.80 Å². The Morgan fingerprint density at radius 2 is 1.96 bits per heavy atom. The molecule has 0 bridgehead atoms. The van der Waals surface area contributed by atoms with E-state index in [9.17, 15) is 13.6 Å². The second-order valence-corrected chi connectivity index (χ2v) is 7.37. The molecule has 0 radical (unpaired) electrons. The first-order chi connectivity index (χ1) is 12.8. The molecule has 3 rings (SSSR count). The maximum Gasteiger partial charge on any atom is 0.322 e. The Kier molecular flexibility index (Phi) is 6.29. The predicted octanol–water partition coefficient (Wildman–Crippen LogP) is 2.80. The number of anilines is 1. The van der Waals surface area contributed by atoms with Crippen molar-refractivity contribution in [3.8, 4) is 0 Å². The summed E-state index contributed by atoms with van der Waals surface area (Å²) < 4.78 is 38.1. The molecular weight excluding hydrogens is 356 g/mol. The van der Waals surface area contributed by atoms with Crippen LogP contribution in [0.5, 0.6) is 0 Å². The number of halogens is 2. The minimum atomic E-state index is -3.03. The highest BCUT2D eigenvalue weighted by Gasteiger charge is 2.36. The number of morpholine rings is 1. The molecule has 1 aromatic carbocycles.